The van der Waals surface area contributed by atoms with Gasteiger partial charge in [0, 0.05) is 24.1 Å². The van der Waals surface area contributed by atoms with Gasteiger partial charge >= 0.3 is 0 Å². The first kappa shape index (κ1) is 19.8. The summed E-state index contributed by atoms with van der Waals surface area (Å²) in [7, 11) is 1.63. The van der Waals surface area contributed by atoms with E-state index in [4.69, 9.17) is 17.0 Å². The Morgan fingerprint density at radius 3 is 2.82 bits per heavy atom. The number of carbonyl (C=O) groups excluding carboxylic acids is 1. The van der Waals surface area contributed by atoms with Crippen molar-refractivity contribution in [3.63, 3.8) is 0 Å². The monoisotopic (exact) mass is 396 g/mol. The third-order valence-corrected chi connectivity index (χ3v) is 4.89. The minimum atomic E-state index is -0.155. The molecule has 0 fully saturated rings. The van der Waals surface area contributed by atoms with Gasteiger partial charge in [0.05, 0.1) is 13.2 Å². The number of ether oxygens (including phenoxy) is 1. The van der Waals surface area contributed by atoms with Crippen LogP contribution in [-0.2, 0) is 11.3 Å². The highest BCUT2D eigenvalue weighted by Crippen LogP contribution is 2.24. The molecule has 0 aliphatic rings. The molecule has 0 saturated carbocycles. The van der Waals surface area contributed by atoms with Crippen LogP contribution in [0.15, 0.2) is 48.5 Å². The average Bonchev–Trinajstić information content (AvgIpc) is 3.06. The first-order valence-corrected chi connectivity index (χ1v) is 9.55. The summed E-state index contributed by atoms with van der Waals surface area (Å²) in [5.41, 5.74) is 3.05. The zero-order valence-electron chi connectivity index (χ0n) is 16.2. The molecule has 1 atom stereocenters. The van der Waals surface area contributed by atoms with Crippen molar-refractivity contribution in [2.45, 2.75) is 32.9 Å². The molecule has 1 amide bonds. The molecule has 3 rings (SSSR count). The molecule has 0 radical (unpaired) electrons. The summed E-state index contributed by atoms with van der Waals surface area (Å²) in [4.78, 5) is 12.5. The third-order valence-electron chi connectivity index (χ3n) is 4.58. The van der Waals surface area contributed by atoms with Crippen molar-refractivity contribution in [2.75, 3.05) is 7.11 Å². The van der Waals surface area contributed by atoms with Crippen molar-refractivity contribution in [1.82, 2.24) is 20.1 Å². The van der Waals surface area contributed by atoms with Crippen molar-refractivity contribution >= 4 is 18.1 Å². The van der Waals surface area contributed by atoms with Gasteiger partial charge in [0.2, 0.25) is 5.91 Å². The highest BCUT2D eigenvalue weighted by molar-refractivity contribution is 7.71. The Labute approximate surface area is 169 Å². The van der Waals surface area contributed by atoms with E-state index in [9.17, 15) is 4.79 Å². The van der Waals surface area contributed by atoms with Crippen LogP contribution in [0.1, 0.15) is 30.5 Å². The van der Waals surface area contributed by atoms with Crippen molar-refractivity contribution in [2.24, 2.45) is 0 Å². The lowest BCUT2D eigenvalue weighted by atomic mass is 10.1. The highest BCUT2D eigenvalue weighted by atomic mass is 32.1. The number of rotatable bonds is 7. The zero-order chi connectivity index (χ0) is 20.1. The molecule has 28 heavy (non-hydrogen) atoms. The molecule has 7 heteroatoms. The third kappa shape index (κ3) is 4.48. The van der Waals surface area contributed by atoms with Crippen LogP contribution in [0.25, 0.3) is 11.4 Å². The molecule has 1 heterocycles. The number of nitrogens with one attached hydrogen (secondary N) is 2. The number of carbonyl (C=O) groups is 1. The Hall–Kier alpha value is -2.93. The second-order valence-corrected chi connectivity index (χ2v) is 7.04. The number of aromatic amines is 1. The minimum Gasteiger partial charge on any atom is -0.496 e. The predicted octanol–water partition coefficient (Wildman–Crippen LogP) is 4.19. The fourth-order valence-corrected chi connectivity index (χ4v) is 3.38. The van der Waals surface area contributed by atoms with Crippen molar-refractivity contribution in [3.8, 4) is 17.1 Å². The van der Waals surface area contributed by atoms with E-state index in [-0.39, 0.29) is 11.9 Å². The largest absolute Gasteiger partial charge is 0.496 e. The molecule has 2 N–H and O–H groups in total. The average molecular weight is 397 g/mol. The molecule has 0 bridgehead atoms. The first-order valence-electron chi connectivity index (χ1n) is 9.14. The van der Waals surface area contributed by atoms with Crippen LogP contribution >= 0.6 is 12.2 Å². The van der Waals surface area contributed by atoms with Gasteiger partial charge in [-0.15, -0.1) is 0 Å². The van der Waals surface area contributed by atoms with E-state index in [2.05, 4.69) is 15.5 Å². The fourth-order valence-electron chi connectivity index (χ4n) is 3.16. The Morgan fingerprint density at radius 2 is 2.07 bits per heavy atom. The Balaban J connectivity index is 1.69. The minimum absolute atomic E-state index is 0.0586. The standard InChI is InChI=1S/C21H24N4O2S/c1-14-7-6-8-16(13-14)20-23-24-21(28)25(20)12-11-19(26)22-15(2)17-9-4-5-10-18(17)27-3/h4-10,13,15H,11-12H2,1-3H3,(H,22,26)(H,24,28)/t15-/m0/s1. The number of aromatic nitrogens is 3. The maximum atomic E-state index is 12.5. The van der Waals surface area contributed by atoms with E-state index in [1.807, 2.05) is 66.9 Å². The van der Waals surface area contributed by atoms with Gasteiger partial charge in [-0.3, -0.25) is 14.5 Å². The van der Waals surface area contributed by atoms with Crippen molar-refractivity contribution in [3.05, 3.63) is 64.4 Å². The Kier molecular flexibility index (Phi) is 6.26. The van der Waals surface area contributed by atoms with Crippen LogP contribution in [0, 0.1) is 11.7 Å². The van der Waals surface area contributed by atoms with E-state index in [0.29, 0.717) is 17.7 Å². The molecule has 0 unspecified atom stereocenters. The molecule has 6 nitrogen and oxygen atoms in total. The van der Waals surface area contributed by atoms with Gasteiger partial charge in [-0.25, -0.2) is 0 Å². The lowest BCUT2D eigenvalue weighted by Crippen LogP contribution is -2.27. The first-order chi connectivity index (χ1) is 13.5. The zero-order valence-corrected chi connectivity index (χ0v) is 17.0. The van der Waals surface area contributed by atoms with E-state index in [1.54, 1.807) is 7.11 Å². The van der Waals surface area contributed by atoms with E-state index in [1.165, 1.54) is 0 Å². The Bertz CT molecular complexity index is 1020. The maximum Gasteiger partial charge on any atom is 0.222 e. The predicted molar refractivity (Wildman–Crippen MR) is 112 cm³/mol. The molecule has 3 aromatic rings. The summed E-state index contributed by atoms with van der Waals surface area (Å²) >= 11 is 5.35. The van der Waals surface area contributed by atoms with Crippen LogP contribution < -0.4 is 10.1 Å². The van der Waals surface area contributed by atoms with Crippen LogP contribution in [0.5, 0.6) is 5.75 Å². The quantitative estimate of drug-likeness (QED) is 0.588. The van der Waals surface area contributed by atoms with Gasteiger partial charge in [0.1, 0.15) is 5.75 Å². The fraction of sp³-hybridized carbons (Fsp3) is 0.286. The summed E-state index contributed by atoms with van der Waals surface area (Å²) in [6.45, 7) is 4.42. The smallest absolute Gasteiger partial charge is 0.222 e. The van der Waals surface area contributed by atoms with Gasteiger partial charge in [-0.1, -0.05) is 42.0 Å². The summed E-state index contributed by atoms with van der Waals surface area (Å²) < 4.78 is 7.74. The Morgan fingerprint density at radius 1 is 1.29 bits per heavy atom. The lowest BCUT2D eigenvalue weighted by Gasteiger charge is -2.17. The number of benzene rings is 2. The second-order valence-electron chi connectivity index (χ2n) is 6.65. The van der Waals surface area contributed by atoms with E-state index >= 15 is 0 Å². The highest BCUT2D eigenvalue weighted by Gasteiger charge is 2.15. The molecule has 0 saturated heterocycles. The summed E-state index contributed by atoms with van der Waals surface area (Å²) in [6.07, 6.45) is 0.298. The molecule has 0 spiro atoms. The normalized spacial score (nSPS) is 11.8. The SMILES string of the molecule is COc1ccccc1[C@H](C)NC(=O)CCn1c(-c2cccc(C)c2)n[nH]c1=S. The molecule has 2 aromatic carbocycles. The molecular formula is C21H24N4O2S. The molecular weight excluding hydrogens is 372 g/mol. The van der Waals surface area contributed by atoms with Gasteiger partial charge in [0.25, 0.3) is 0 Å². The topological polar surface area (TPSA) is 71.9 Å². The maximum absolute atomic E-state index is 12.5. The van der Waals surface area contributed by atoms with Crippen molar-refractivity contribution in [1.29, 1.82) is 0 Å². The summed E-state index contributed by atoms with van der Waals surface area (Å²) in [5.74, 6) is 1.44. The van der Waals surface area contributed by atoms with Gasteiger partial charge in [0.15, 0.2) is 10.6 Å². The van der Waals surface area contributed by atoms with E-state index < -0.39 is 0 Å². The molecule has 146 valence electrons. The summed E-state index contributed by atoms with van der Waals surface area (Å²) in [6, 6.07) is 15.6. The number of hydrogen-bond donors (Lipinski definition) is 2. The number of para-hydroxylation sites is 1. The van der Waals surface area contributed by atoms with Crippen molar-refractivity contribution < 1.29 is 9.53 Å². The van der Waals surface area contributed by atoms with Crippen LogP contribution in [0.4, 0.5) is 0 Å². The van der Waals surface area contributed by atoms with Gasteiger partial charge < -0.3 is 10.1 Å². The molecule has 1 aromatic heterocycles. The van der Waals surface area contributed by atoms with Gasteiger partial charge in [-0.05, 0) is 38.2 Å². The number of amides is 1. The van der Waals surface area contributed by atoms with Crippen LogP contribution in [-0.4, -0.2) is 27.8 Å². The number of aryl methyl sites for hydroxylation is 1. The summed E-state index contributed by atoms with van der Waals surface area (Å²) in [5, 5.41) is 10.2. The number of hydrogen-bond acceptors (Lipinski definition) is 4. The number of methoxy groups -OCH3 is 1. The molecule has 0 aliphatic heterocycles. The van der Waals surface area contributed by atoms with E-state index in [0.717, 1.165) is 28.3 Å². The number of H-pyrrole nitrogens is 1. The molecule has 0 aliphatic carbocycles. The second kappa shape index (κ2) is 8.84. The number of nitrogens with zero attached hydrogens (tertiary/aromatic N) is 2. The van der Waals surface area contributed by atoms with Gasteiger partial charge in [-0.2, -0.15) is 5.10 Å². The lowest BCUT2D eigenvalue weighted by molar-refractivity contribution is -0.121. The van der Waals surface area contributed by atoms with Crippen LogP contribution in [0.3, 0.4) is 0 Å². The van der Waals surface area contributed by atoms with Crippen LogP contribution in [0.2, 0.25) is 0 Å².